The van der Waals surface area contributed by atoms with Gasteiger partial charge >= 0.3 is 24.0 Å². The van der Waals surface area contributed by atoms with Crippen LogP contribution in [0.1, 0.15) is 56.9 Å². The number of carbonyl (C=O) groups excluding carboxylic acids is 3. The molecule has 2 heterocycles. The van der Waals surface area contributed by atoms with Gasteiger partial charge in [-0.25, -0.2) is 9.59 Å². The van der Waals surface area contributed by atoms with Crippen molar-refractivity contribution >= 4 is 29.9 Å². The second-order valence-electron chi connectivity index (χ2n) is 10.2. The van der Waals surface area contributed by atoms with Gasteiger partial charge in [-0.05, 0) is 56.4 Å². The van der Waals surface area contributed by atoms with Crippen LogP contribution in [0.2, 0.25) is 0 Å². The van der Waals surface area contributed by atoms with E-state index in [0.29, 0.717) is 0 Å². The highest BCUT2D eigenvalue weighted by Crippen LogP contribution is 2.27. The van der Waals surface area contributed by atoms with Gasteiger partial charge in [0.15, 0.2) is 0 Å². The van der Waals surface area contributed by atoms with Crippen molar-refractivity contribution in [2.75, 3.05) is 13.1 Å². The third-order valence-electron chi connectivity index (χ3n) is 7.21. The number of carboxylic acid groups (broad SMARTS) is 2. The number of carboxylic acids is 1. The zero-order valence-corrected chi connectivity index (χ0v) is 22.3. The molecule has 0 aromatic heterocycles. The average Bonchev–Trinajstić information content (AvgIpc) is 3.60. The van der Waals surface area contributed by atoms with Crippen LogP contribution in [0.5, 0.6) is 0 Å². The van der Waals surface area contributed by atoms with E-state index in [-0.39, 0.29) is 37.3 Å². The Kier molecular flexibility index (Phi) is 11.7. The van der Waals surface area contributed by atoms with Gasteiger partial charge in [-0.1, -0.05) is 30.3 Å². The molecular formula is C27H38N4O9. The molecule has 0 bridgehead atoms. The zero-order valence-electron chi connectivity index (χ0n) is 22.3. The molecule has 13 heteroatoms. The minimum absolute atomic E-state index is 0.0552. The first-order chi connectivity index (χ1) is 19.1. The summed E-state index contributed by atoms with van der Waals surface area (Å²) in [5, 5.41) is 22.6. The lowest BCUT2D eigenvalue weighted by molar-refractivity contribution is -0.163. The highest BCUT2D eigenvalue weighted by Gasteiger charge is 2.39. The predicted octanol–water partition coefficient (Wildman–Crippen LogP) is 1.20. The monoisotopic (exact) mass is 562 g/mol. The fourth-order valence-electron chi connectivity index (χ4n) is 5.00. The number of aliphatic carboxylic acids is 1. The number of rotatable bonds is 9. The Bertz CT molecular complexity index is 1020. The maximum atomic E-state index is 12.4. The molecule has 0 spiro atoms. The molecule has 220 valence electrons. The number of nitrogens with two attached hydrogens (primary N) is 1. The second-order valence-corrected chi connectivity index (χ2v) is 10.2. The fraction of sp³-hybridized carbons (Fsp3) is 0.593. The largest absolute Gasteiger partial charge is 0.481 e. The lowest BCUT2D eigenvalue weighted by atomic mass is 9.81. The smallest absolute Gasteiger partial charge is 0.405 e. The van der Waals surface area contributed by atoms with Gasteiger partial charge in [-0.3, -0.25) is 19.7 Å². The first-order valence-electron chi connectivity index (χ1n) is 13.6. The Morgan fingerprint density at radius 2 is 1.73 bits per heavy atom. The quantitative estimate of drug-likeness (QED) is 0.271. The van der Waals surface area contributed by atoms with Crippen LogP contribution in [-0.4, -0.2) is 82.5 Å². The van der Waals surface area contributed by atoms with E-state index >= 15 is 0 Å². The van der Waals surface area contributed by atoms with Crippen molar-refractivity contribution in [3.8, 4) is 0 Å². The van der Waals surface area contributed by atoms with Crippen LogP contribution in [0.25, 0.3) is 0 Å². The number of amides is 2. The lowest BCUT2D eigenvalue weighted by Crippen LogP contribution is -2.52. The minimum atomic E-state index is -1.18. The first-order valence-corrected chi connectivity index (χ1v) is 13.6. The molecule has 3 atom stereocenters. The van der Waals surface area contributed by atoms with Crippen LogP contribution < -0.4 is 16.4 Å². The average molecular weight is 563 g/mol. The summed E-state index contributed by atoms with van der Waals surface area (Å²) in [5.41, 5.74) is 6.68. The van der Waals surface area contributed by atoms with Crippen molar-refractivity contribution < 1.29 is 43.7 Å². The molecule has 3 aliphatic rings. The molecule has 1 aliphatic carbocycles. The molecule has 40 heavy (non-hydrogen) atoms. The van der Waals surface area contributed by atoms with Gasteiger partial charge in [-0.2, -0.15) is 0 Å². The molecule has 6 N–H and O–H groups in total. The van der Waals surface area contributed by atoms with Crippen LogP contribution >= 0.6 is 0 Å². The molecule has 1 aromatic rings. The summed E-state index contributed by atoms with van der Waals surface area (Å²) in [6.07, 6.45) is 3.01. The van der Waals surface area contributed by atoms with E-state index in [0.717, 1.165) is 57.2 Å². The number of ether oxygens (including phenoxy) is 2. The van der Waals surface area contributed by atoms with Crippen LogP contribution in [0.4, 0.5) is 4.79 Å². The summed E-state index contributed by atoms with van der Waals surface area (Å²) in [5.74, 6) is -2.33. The fourth-order valence-corrected chi connectivity index (χ4v) is 5.00. The van der Waals surface area contributed by atoms with E-state index in [1.165, 1.54) is 0 Å². The number of likely N-dealkylation sites (tertiary alicyclic amines) is 1. The van der Waals surface area contributed by atoms with Crippen molar-refractivity contribution in [3.63, 3.8) is 0 Å². The summed E-state index contributed by atoms with van der Waals surface area (Å²) >= 11 is 0. The number of benzene rings is 1. The Morgan fingerprint density at radius 1 is 1.07 bits per heavy atom. The lowest BCUT2D eigenvalue weighted by Gasteiger charge is -2.33. The van der Waals surface area contributed by atoms with Gasteiger partial charge in [0.05, 0.1) is 0 Å². The van der Waals surface area contributed by atoms with Crippen molar-refractivity contribution in [3.05, 3.63) is 35.9 Å². The number of carbonyl (C=O) groups is 5. The maximum absolute atomic E-state index is 12.4. The highest BCUT2D eigenvalue weighted by molar-refractivity contribution is 5.86. The molecule has 2 unspecified atom stereocenters. The molecule has 1 saturated carbocycles. The van der Waals surface area contributed by atoms with Gasteiger partial charge in [-0.15, -0.1) is 0 Å². The third-order valence-corrected chi connectivity index (χ3v) is 7.21. The topological polar surface area (TPSA) is 198 Å². The summed E-state index contributed by atoms with van der Waals surface area (Å²) in [6, 6.07) is 7.90. The first kappa shape index (κ1) is 30.8. The standard InChI is InChI=1S/C14H15NO6.C13H23N3O3/c16-11(17)7-6-10-13(18)21-12(15-10)14(19)20-8-9-4-2-1-3-5-9;14-10-5-3-9(4-6-10)11(15-13(18)19)12(17)16-7-1-2-8-16/h1-5,10,12,15H,6-8H2,(H,16,17);9-11,15H,1-8,14H2,(H,18,19)/t;9?,10?,11-/m.0/s1. The SMILES string of the molecule is NC1CCC([C@H](NC(=O)O)C(=O)N2CCCC2)CC1.O=C(O)CCC1NC(C(=O)OCc2ccccc2)OC1=O. The van der Waals surface area contributed by atoms with Crippen molar-refractivity contribution in [2.24, 2.45) is 11.7 Å². The zero-order chi connectivity index (χ0) is 29.1. The van der Waals surface area contributed by atoms with Crippen LogP contribution in [-0.2, 0) is 35.3 Å². The van der Waals surface area contributed by atoms with Gasteiger partial charge in [0.1, 0.15) is 18.7 Å². The van der Waals surface area contributed by atoms with Crippen LogP contribution in [0.15, 0.2) is 30.3 Å². The number of esters is 2. The van der Waals surface area contributed by atoms with Gasteiger partial charge in [0.25, 0.3) is 6.23 Å². The summed E-state index contributed by atoms with van der Waals surface area (Å²) in [4.78, 5) is 58.9. The summed E-state index contributed by atoms with van der Waals surface area (Å²) in [7, 11) is 0. The Hall–Kier alpha value is -3.71. The van der Waals surface area contributed by atoms with Gasteiger partial charge < -0.3 is 35.6 Å². The molecule has 2 aliphatic heterocycles. The Balaban J connectivity index is 0.000000222. The van der Waals surface area contributed by atoms with Gasteiger partial charge in [0, 0.05) is 25.6 Å². The number of nitrogens with one attached hydrogen (secondary N) is 2. The Morgan fingerprint density at radius 3 is 2.33 bits per heavy atom. The number of hydrogen-bond donors (Lipinski definition) is 5. The number of nitrogens with zero attached hydrogens (tertiary/aromatic N) is 1. The van der Waals surface area contributed by atoms with Crippen molar-refractivity contribution in [1.29, 1.82) is 0 Å². The normalized spacial score (nSPS) is 24.7. The van der Waals surface area contributed by atoms with E-state index in [2.05, 4.69) is 10.6 Å². The summed E-state index contributed by atoms with van der Waals surface area (Å²) in [6.45, 7) is 1.58. The van der Waals surface area contributed by atoms with Crippen molar-refractivity contribution in [1.82, 2.24) is 15.5 Å². The number of cyclic esters (lactones) is 1. The second kappa shape index (κ2) is 15.2. The summed E-state index contributed by atoms with van der Waals surface area (Å²) < 4.78 is 9.88. The minimum Gasteiger partial charge on any atom is -0.481 e. The van der Waals surface area contributed by atoms with Crippen molar-refractivity contribution in [2.45, 2.75) is 82.3 Å². The van der Waals surface area contributed by atoms with Crippen LogP contribution in [0.3, 0.4) is 0 Å². The number of hydrogen-bond acceptors (Lipinski definition) is 9. The Labute approximate surface area is 232 Å². The third kappa shape index (κ3) is 9.49. The van der Waals surface area contributed by atoms with Crippen LogP contribution in [0, 0.1) is 5.92 Å². The van der Waals surface area contributed by atoms with E-state index in [1.54, 1.807) is 17.0 Å². The maximum Gasteiger partial charge on any atom is 0.405 e. The predicted molar refractivity (Wildman–Crippen MR) is 141 cm³/mol. The molecule has 0 radical (unpaired) electrons. The van der Waals surface area contributed by atoms with E-state index in [1.807, 2.05) is 18.2 Å². The van der Waals surface area contributed by atoms with E-state index in [4.69, 9.17) is 25.4 Å². The van der Waals surface area contributed by atoms with E-state index in [9.17, 15) is 24.0 Å². The molecule has 1 aromatic carbocycles. The molecular weight excluding hydrogens is 524 g/mol. The molecule has 13 nitrogen and oxygen atoms in total. The highest BCUT2D eigenvalue weighted by atomic mass is 16.6. The van der Waals surface area contributed by atoms with E-state index < -0.39 is 42.3 Å². The molecule has 3 fully saturated rings. The van der Waals surface area contributed by atoms with Gasteiger partial charge in [0.2, 0.25) is 5.91 Å². The molecule has 2 saturated heterocycles. The molecule has 2 amide bonds. The molecule has 4 rings (SSSR count).